The molecule has 1 aromatic heterocycles. The van der Waals surface area contributed by atoms with E-state index in [9.17, 15) is 0 Å². The predicted octanol–water partition coefficient (Wildman–Crippen LogP) is 3.57. The van der Waals surface area contributed by atoms with Gasteiger partial charge in [-0.15, -0.1) is 24.0 Å². The van der Waals surface area contributed by atoms with Crippen LogP contribution in [0.2, 0.25) is 0 Å². The largest absolute Gasteiger partial charge is 0.354 e. The van der Waals surface area contributed by atoms with Crippen LogP contribution < -0.4 is 5.32 Å². The number of nitrogens with zero attached hydrogens (tertiary/aromatic N) is 5. The smallest absolute Gasteiger partial charge is 0.193 e. The maximum atomic E-state index is 4.58. The van der Waals surface area contributed by atoms with E-state index in [2.05, 4.69) is 88.1 Å². The maximum absolute atomic E-state index is 4.58. The van der Waals surface area contributed by atoms with Crippen LogP contribution in [0.1, 0.15) is 36.6 Å². The molecule has 3 atom stereocenters. The summed E-state index contributed by atoms with van der Waals surface area (Å²) in [7, 11) is 6.14. The van der Waals surface area contributed by atoms with Gasteiger partial charge in [-0.25, -0.2) is 4.98 Å². The number of piperidine rings is 1. The highest BCUT2D eigenvalue weighted by Crippen LogP contribution is 2.27. The van der Waals surface area contributed by atoms with Crippen molar-refractivity contribution in [2.24, 2.45) is 10.9 Å². The van der Waals surface area contributed by atoms with Crippen molar-refractivity contribution in [2.75, 3.05) is 40.8 Å². The van der Waals surface area contributed by atoms with Crippen LogP contribution >= 0.6 is 24.0 Å². The fraction of sp³-hybridized carbons (Fsp3) is 0.545. The number of aryl methyl sites for hydroxylation is 1. The Labute approximate surface area is 192 Å². The molecule has 0 saturated carbocycles. The quantitative estimate of drug-likeness (QED) is 0.380. The molecule has 2 heterocycles. The first-order chi connectivity index (χ1) is 13.5. The Hall–Kier alpha value is -1.61. The van der Waals surface area contributed by atoms with Crippen LogP contribution in [0.25, 0.3) is 0 Å². The minimum atomic E-state index is 0. The zero-order chi connectivity index (χ0) is 20.1. The lowest BCUT2D eigenvalue weighted by molar-refractivity contribution is 0.187. The van der Waals surface area contributed by atoms with Crippen molar-refractivity contribution >= 4 is 29.9 Å². The van der Waals surface area contributed by atoms with Gasteiger partial charge >= 0.3 is 0 Å². The Morgan fingerprint density at radius 2 is 2.03 bits per heavy atom. The molecule has 0 bridgehead atoms. The van der Waals surface area contributed by atoms with Gasteiger partial charge in [0, 0.05) is 39.1 Å². The molecule has 1 aliphatic heterocycles. The number of hydrogen-bond donors (Lipinski definition) is 1. The second kappa shape index (κ2) is 11.0. The number of hydrogen-bond acceptors (Lipinski definition) is 3. The van der Waals surface area contributed by atoms with Crippen LogP contribution in [0, 0.1) is 12.8 Å². The highest BCUT2D eigenvalue weighted by molar-refractivity contribution is 14.0. The van der Waals surface area contributed by atoms with E-state index in [1.807, 2.05) is 19.6 Å². The van der Waals surface area contributed by atoms with Crippen molar-refractivity contribution in [3.63, 3.8) is 0 Å². The number of halogens is 1. The lowest BCUT2D eigenvalue weighted by Crippen LogP contribution is -2.50. The van der Waals surface area contributed by atoms with E-state index in [1.165, 1.54) is 11.1 Å². The van der Waals surface area contributed by atoms with Crippen molar-refractivity contribution < 1.29 is 0 Å². The van der Waals surface area contributed by atoms with Gasteiger partial charge in [0.2, 0.25) is 0 Å². The normalized spacial score (nSPS) is 21.0. The molecule has 1 N–H and O–H groups in total. The van der Waals surface area contributed by atoms with Crippen LogP contribution in [0.4, 0.5) is 0 Å². The van der Waals surface area contributed by atoms with Crippen molar-refractivity contribution in [2.45, 2.75) is 32.4 Å². The van der Waals surface area contributed by atoms with Crippen LogP contribution in [0.3, 0.4) is 0 Å². The zero-order valence-electron chi connectivity index (χ0n) is 18.2. The third-order valence-corrected chi connectivity index (χ3v) is 5.88. The van der Waals surface area contributed by atoms with E-state index in [-0.39, 0.29) is 24.0 Å². The van der Waals surface area contributed by atoms with Gasteiger partial charge in [0.05, 0.1) is 18.4 Å². The highest BCUT2D eigenvalue weighted by Gasteiger charge is 2.29. The molecule has 3 unspecified atom stereocenters. The number of nitrogens with one attached hydrogen (secondary N) is 1. The van der Waals surface area contributed by atoms with E-state index >= 15 is 0 Å². The molecule has 160 valence electrons. The predicted molar refractivity (Wildman–Crippen MR) is 131 cm³/mol. The molecule has 0 radical (unpaired) electrons. The Balaban J connectivity index is 0.00000300. The Bertz CT molecular complexity index is 756. The van der Waals surface area contributed by atoms with Gasteiger partial charge in [-0.2, -0.15) is 0 Å². The molecule has 0 aliphatic carbocycles. The number of likely N-dealkylation sites (N-methyl/N-ethyl adjacent to an activating group) is 1. The third-order valence-electron chi connectivity index (χ3n) is 5.88. The van der Waals surface area contributed by atoms with E-state index in [0.717, 1.165) is 32.0 Å². The molecule has 1 aromatic carbocycles. The third kappa shape index (κ3) is 5.94. The molecule has 1 saturated heterocycles. The fourth-order valence-corrected chi connectivity index (χ4v) is 4.00. The molecular formula is C22H35IN6. The summed E-state index contributed by atoms with van der Waals surface area (Å²) < 4.78 is 2.24. The topological polar surface area (TPSA) is 48.7 Å². The fourth-order valence-electron chi connectivity index (χ4n) is 4.00. The van der Waals surface area contributed by atoms with E-state index in [4.69, 9.17) is 0 Å². The van der Waals surface area contributed by atoms with Crippen molar-refractivity contribution in [1.29, 1.82) is 0 Å². The first-order valence-electron chi connectivity index (χ1n) is 10.2. The number of imidazole rings is 1. The minimum absolute atomic E-state index is 0. The first kappa shape index (κ1) is 23.7. The lowest BCUT2D eigenvalue weighted by Gasteiger charge is -2.39. The van der Waals surface area contributed by atoms with E-state index in [1.54, 1.807) is 0 Å². The minimum Gasteiger partial charge on any atom is -0.354 e. The van der Waals surface area contributed by atoms with E-state index < -0.39 is 0 Å². The summed E-state index contributed by atoms with van der Waals surface area (Å²) in [6.45, 7) is 7.27. The van der Waals surface area contributed by atoms with Crippen molar-refractivity contribution in [1.82, 2.24) is 24.7 Å². The summed E-state index contributed by atoms with van der Waals surface area (Å²) in [6.07, 6.45) is 7.02. The molecule has 0 amide bonds. The van der Waals surface area contributed by atoms with Gasteiger partial charge in [-0.05, 0) is 38.9 Å². The summed E-state index contributed by atoms with van der Waals surface area (Å²) in [5.41, 5.74) is 2.61. The molecule has 3 rings (SSSR count). The number of aromatic nitrogens is 2. The van der Waals surface area contributed by atoms with Gasteiger partial charge in [0.25, 0.3) is 0 Å². The van der Waals surface area contributed by atoms with Crippen LogP contribution in [0.15, 0.2) is 48.0 Å². The monoisotopic (exact) mass is 510 g/mol. The molecule has 7 heteroatoms. The first-order valence-corrected chi connectivity index (χ1v) is 10.2. The molecule has 1 fully saturated rings. The number of rotatable bonds is 5. The van der Waals surface area contributed by atoms with Gasteiger partial charge < -0.3 is 19.7 Å². The molecule has 0 spiro atoms. The van der Waals surface area contributed by atoms with E-state index in [0.29, 0.717) is 18.0 Å². The summed E-state index contributed by atoms with van der Waals surface area (Å²) in [4.78, 5) is 13.5. The molecule has 29 heavy (non-hydrogen) atoms. The second-order valence-corrected chi connectivity index (χ2v) is 8.11. The summed E-state index contributed by atoms with van der Waals surface area (Å²) >= 11 is 0. The average Bonchev–Trinajstić information content (AvgIpc) is 3.21. The van der Waals surface area contributed by atoms with Crippen molar-refractivity contribution in [3.8, 4) is 0 Å². The van der Waals surface area contributed by atoms with Crippen LogP contribution in [0.5, 0.6) is 0 Å². The SMILES string of the molecule is CN=C(NCC(c1ccc(C)cc1)N(C)C)N1CCC(C)C(n2ccnc2)C1.I. The Morgan fingerprint density at radius 3 is 2.62 bits per heavy atom. The van der Waals surface area contributed by atoms with Crippen LogP contribution in [-0.4, -0.2) is 66.1 Å². The highest BCUT2D eigenvalue weighted by atomic mass is 127. The van der Waals surface area contributed by atoms with Gasteiger partial charge in [0.15, 0.2) is 5.96 Å². The molecule has 1 aliphatic rings. The standard InChI is InChI=1S/C22H34N6.HI/c1-17-6-8-19(9-7-17)20(26(4)5)14-25-22(23-3)27-12-10-18(2)21(15-27)28-13-11-24-16-28;/h6-9,11,13,16,18,20-21H,10,12,14-15H2,1-5H3,(H,23,25);1H. The van der Waals surface area contributed by atoms with Gasteiger partial charge in [-0.1, -0.05) is 36.8 Å². The second-order valence-electron chi connectivity index (χ2n) is 8.11. The van der Waals surface area contributed by atoms with Crippen molar-refractivity contribution in [3.05, 3.63) is 54.1 Å². The number of likely N-dealkylation sites (tertiary alicyclic amines) is 1. The number of benzene rings is 1. The summed E-state index contributed by atoms with van der Waals surface area (Å²) in [5, 5.41) is 3.62. The summed E-state index contributed by atoms with van der Waals surface area (Å²) in [6, 6.07) is 9.54. The molecular weight excluding hydrogens is 475 g/mol. The zero-order valence-corrected chi connectivity index (χ0v) is 20.6. The number of guanidine groups is 1. The van der Waals surface area contributed by atoms with Gasteiger partial charge in [-0.3, -0.25) is 4.99 Å². The maximum Gasteiger partial charge on any atom is 0.193 e. The lowest BCUT2D eigenvalue weighted by atomic mass is 9.93. The Morgan fingerprint density at radius 1 is 1.31 bits per heavy atom. The van der Waals surface area contributed by atoms with Crippen LogP contribution in [-0.2, 0) is 0 Å². The Kier molecular flexibility index (Phi) is 8.95. The van der Waals surface area contributed by atoms with Gasteiger partial charge in [0.1, 0.15) is 0 Å². The molecule has 6 nitrogen and oxygen atoms in total. The summed E-state index contributed by atoms with van der Waals surface area (Å²) in [5.74, 6) is 1.61. The number of aliphatic imine (C=N–C) groups is 1. The average molecular weight is 510 g/mol. The molecule has 2 aromatic rings.